The molecule has 0 fully saturated rings. The van der Waals surface area contributed by atoms with E-state index in [1.54, 1.807) is 25.4 Å². The van der Waals surface area contributed by atoms with Gasteiger partial charge in [-0.3, -0.25) is 19.7 Å². The Kier molecular flexibility index (Phi) is 12.7. The zero-order valence-electron chi connectivity index (χ0n) is 19.1. The van der Waals surface area contributed by atoms with Gasteiger partial charge in [0.1, 0.15) is 0 Å². The second-order valence-electron chi connectivity index (χ2n) is 7.23. The van der Waals surface area contributed by atoms with Crippen LogP contribution < -0.4 is 50.6 Å². The maximum Gasteiger partial charge on any atom is 1.00 e. The first-order valence-electron chi connectivity index (χ1n) is 10.3. The first-order chi connectivity index (χ1) is 15.8. The molecule has 0 saturated heterocycles. The van der Waals surface area contributed by atoms with Crippen LogP contribution in [0.5, 0.6) is 0 Å². The number of nitro groups is 1. The smallest absolute Gasteiger partial charge is 0.550 e. The number of carbonyl (C=O) groups excluding carboxylic acids is 3. The minimum Gasteiger partial charge on any atom is -0.550 e. The van der Waals surface area contributed by atoms with E-state index in [2.05, 4.69) is 25.9 Å². The molecule has 1 atom stereocenters. The standard InChI is InChI=1S/C21H26N6O6.Na/c1-14-6-7-15(11-17(14)27(32)33)16(12-20(30)31)26-19(29)13-25-18(28)5-2-3-8-22-21-23-9-4-10-24-21;/h4,6-7,9-11,16H,2-3,5,8,12-13H2,1H3,(H,25,28)(H,26,29)(H,30,31)(H,22,23,24);/q;+1/p-1. The number of benzene rings is 1. The largest absolute Gasteiger partial charge is 1.00 e. The maximum atomic E-state index is 12.2. The summed E-state index contributed by atoms with van der Waals surface area (Å²) in [5, 5.41) is 30.2. The number of anilines is 1. The molecule has 0 spiro atoms. The van der Waals surface area contributed by atoms with Crippen LogP contribution in [0.3, 0.4) is 0 Å². The third-order valence-corrected chi connectivity index (χ3v) is 4.66. The Morgan fingerprint density at radius 2 is 1.82 bits per heavy atom. The molecule has 1 aromatic heterocycles. The summed E-state index contributed by atoms with van der Waals surface area (Å²) in [7, 11) is 0. The topological polar surface area (TPSA) is 179 Å². The van der Waals surface area contributed by atoms with Crippen molar-refractivity contribution in [2.45, 2.75) is 38.6 Å². The number of nitro benzene ring substituents is 1. The summed E-state index contributed by atoms with van der Waals surface area (Å²) in [6.45, 7) is 1.78. The Morgan fingerprint density at radius 3 is 2.47 bits per heavy atom. The monoisotopic (exact) mass is 480 g/mol. The molecule has 12 nitrogen and oxygen atoms in total. The number of hydrogen-bond acceptors (Lipinski definition) is 9. The van der Waals surface area contributed by atoms with Gasteiger partial charge in [-0.2, -0.15) is 0 Å². The van der Waals surface area contributed by atoms with Crippen LogP contribution in [0.1, 0.15) is 42.9 Å². The predicted molar refractivity (Wildman–Crippen MR) is 116 cm³/mol. The molecule has 0 aliphatic carbocycles. The molecule has 0 aliphatic rings. The van der Waals surface area contributed by atoms with E-state index in [1.807, 2.05) is 0 Å². The van der Waals surface area contributed by atoms with E-state index >= 15 is 0 Å². The Labute approximate surface area is 218 Å². The SMILES string of the molecule is Cc1ccc(C(CC(=O)[O-])NC(=O)CNC(=O)CCCCNc2ncccn2)cc1[N+](=O)[O-].[Na+]. The molecular formula is C21H25N6NaO6. The van der Waals surface area contributed by atoms with Crippen molar-refractivity contribution in [2.24, 2.45) is 0 Å². The minimum atomic E-state index is -1.43. The minimum absolute atomic E-state index is 0. The average molecular weight is 480 g/mol. The molecular weight excluding hydrogens is 455 g/mol. The molecule has 2 aromatic rings. The molecule has 3 N–H and O–H groups in total. The number of rotatable bonds is 13. The molecule has 0 radical (unpaired) electrons. The third-order valence-electron chi connectivity index (χ3n) is 4.66. The number of amides is 2. The van der Waals surface area contributed by atoms with Gasteiger partial charge in [-0.15, -0.1) is 0 Å². The number of unbranched alkanes of at least 4 members (excludes halogenated alkanes) is 1. The number of aryl methyl sites for hydroxylation is 1. The van der Waals surface area contributed by atoms with Crippen LogP contribution in [0.4, 0.5) is 11.6 Å². The summed E-state index contributed by atoms with van der Waals surface area (Å²) < 4.78 is 0. The molecule has 1 unspecified atom stereocenters. The Balaban J connectivity index is 0.00000578. The van der Waals surface area contributed by atoms with Gasteiger partial charge >= 0.3 is 29.6 Å². The molecule has 0 bridgehead atoms. The molecule has 13 heteroatoms. The van der Waals surface area contributed by atoms with Crippen molar-refractivity contribution in [2.75, 3.05) is 18.4 Å². The zero-order valence-corrected chi connectivity index (χ0v) is 21.1. The van der Waals surface area contributed by atoms with E-state index in [-0.39, 0.29) is 59.7 Å². The van der Waals surface area contributed by atoms with Gasteiger partial charge in [-0.05, 0) is 31.4 Å². The average Bonchev–Trinajstić information content (AvgIpc) is 2.77. The molecule has 1 aromatic carbocycles. The second kappa shape index (κ2) is 14.9. The fraction of sp³-hybridized carbons (Fsp3) is 0.381. The summed E-state index contributed by atoms with van der Waals surface area (Å²) in [5.74, 6) is -1.88. The van der Waals surface area contributed by atoms with Crippen LogP contribution >= 0.6 is 0 Å². The van der Waals surface area contributed by atoms with E-state index in [0.29, 0.717) is 30.9 Å². The van der Waals surface area contributed by atoms with Crippen LogP contribution in [0, 0.1) is 17.0 Å². The third kappa shape index (κ3) is 10.2. The first kappa shape index (κ1) is 28.9. The zero-order chi connectivity index (χ0) is 24.2. The van der Waals surface area contributed by atoms with Gasteiger partial charge in [0.2, 0.25) is 17.8 Å². The van der Waals surface area contributed by atoms with Crippen LogP contribution in [0.2, 0.25) is 0 Å². The van der Waals surface area contributed by atoms with Crippen molar-refractivity contribution < 1.29 is 54.0 Å². The van der Waals surface area contributed by atoms with Crippen molar-refractivity contribution in [3.8, 4) is 0 Å². The molecule has 2 rings (SSSR count). The van der Waals surface area contributed by atoms with E-state index in [1.165, 1.54) is 18.2 Å². The fourth-order valence-electron chi connectivity index (χ4n) is 2.97. The summed E-state index contributed by atoms with van der Waals surface area (Å²) in [6.07, 6.45) is 4.14. The molecule has 0 saturated carbocycles. The van der Waals surface area contributed by atoms with Gasteiger partial charge < -0.3 is 25.9 Å². The predicted octanol–water partition coefficient (Wildman–Crippen LogP) is -2.61. The fourth-order valence-corrected chi connectivity index (χ4v) is 2.97. The molecule has 0 aliphatic heterocycles. The molecule has 34 heavy (non-hydrogen) atoms. The van der Waals surface area contributed by atoms with Crippen molar-refractivity contribution in [1.29, 1.82) is 0 Å². The normalized spacial score (nSPS) is 11.0. The van der Waals surface area contributed by atoms with Crippen LogP contribution in [0.15, 0.2) is 36.7 Å². The van der Waals surface area contributed by atoms with Crippen molar-refractivity contribution in [3.63, 3.8) is 0 Å². The quantitative estimate of drug-likeness (QED) is 0.120. The van der Waals surface area contributed by atoms with Crippen LogP contribution in [0.25, 0.3) is 0 Å². The van der Waals surface area contributed by atoms with Crippen LogP contribution in [-0.4, -0.2) is 45.8 Å². The Hall–Kier alpha value is -3.09. The van der Waals surface area contributed by atoms with Gasteiger partial charge in [0, 0.05) is 49.4 Å². The number of nitrogens with one attached hydrogen (secondary N) is 3. The number of carboxylic acids is 1. The van der Waals surface area contributed by atoms with Crippen molar-refractivity contribution in [3.05, 3.63) is 57.9 Å². The molecule has 2 amide bonds. The number of aliphatic carboxylic acids is 1. The van der Waals surface area contributed by atoms with Crippen LogP contribution in [-0.2, 0) is 14.4 Å². The Bertz CT molecular complexity index is 991. The summed E-state index contributed by atoms with van der Waals surface area (Å²) >= 11 is 0. The number of hydrogen-bond donors (Lipinski definition) is 3. The summed E-state index contributed by atoms with van der Waals surface area (Å²) in [4.78, 5) is 53.9. The number of carbonyl (C=O) groups is 3. The van der Waals surface area contributed by atoms with Gasteiger partial charge in [0.25, 0.3) is 5.69 Å². The number of carboxylic acid groups (broad SMARTS) is 1. The van der Waals surface area contributed by atoms with E-state index < -0.39 is 29.3 Å². The van der Waals surface area contributed by atoms with Crippen molar-refractivity contribution >= 4 is 29.4 Å². The van der Waals surface area contributed by atoms with E-state index in [0.717, 1.165) is 0 Å². The van der Waals surface area contributed by atoms with Gasteiger partial charge in [-0.25, -0.2) is 9.97 Å². The number of nitrogens with zero attached hydrogens (tertiary/aromatic N) is 3. The summed E-state index contributed by atoms with van der Waals surface area (Å²) in [6, 6.07) is 4.86. The Morgan fingerprint density at radius 1 is 1.12 bits per heavy atom. The maximum absolute atomic E-state index is 12.2. The van der Waals surface area contributed by atoms with Gasteiger partial charge in [0.05, 0.1) is 17.5 Å². The van der Waals surface area contributed by atoms with E-state index in [4.69, 9.17) is 0 Å². The molecule has 176 valence electrons. The number of aromatic nitrogens is 2. The summed E-state index contributed by atoms with van der Waals surface area (Å²) in [5.41, 5.74) is 0.471. The van der Waals surface area contributed by atoms with Crippen molar-refractivity contribution in [1.82, 2.24) is 20.6 Å². The second-order valence-corrected chi connectivity index (χ2v) is 7.23. The van der Waals surface area contributed by atoms with E-state index in [9.17, 15) is 29.6 Å². The first-order valence-corrected chi connectivity index (χ1v) is 10.3. The molecule has 1 heterocycles. The van der Waals surface area contributed by atoms with Gasteiger partial charge in [0.15, 0.2) is 0 Å². The van der Waals surface area contributed by atoms with Gasteiger partial charge in [-0.1, -0.05) is 12.1 Å².